The predicted octanol–water partition coefficient (Wildman–Crippen LogP) is -0.407. The lowest BCUT2D eigenvalue weighted by molar-refractivity contribution is -0.143. The Kier molecular flexibility index (Phi) is 2.80. The molecular weight excluding hydrogens is 136 g/mol. The summed E-state index contributed by atoms with van der Waals surface area (Å²) in [4.78, 5) is 9.99. The number of aliphatic carboxylic acids is 1. The highest BCUT2D eigenvalue weighted by atomic mass is 16.4. The molecule has 4 heteroatoms. The maximum atomic E-state index is 9.99. The molecule has 0 aromatic carbocycles. The van der Waals surface area contributed by atoms with E-state index in [-0.39, 0.29) is 0 Å². The number of rotatable bonds is 3. The van der Waals surface area contributed by atoms with E-state index < -0.39 is 24.1 Å². The van der Waals surface area contributed by atoms with Gasteiger partial charge in [0.2, 0.25) is 0 Å². The minimum Gasteiger partial charge on any atom is -0.481 e. The summed E-state index contributed by atoms with van der Waals surface area (Å²) in [6.07, 6.45) is -1.63. The number of aliphatic hydroxyl groups excluding tert-OH is 1. The Morgan fingerprint density at radius 2 is 2.00 bits per heavy atom. The molecule has 0 radical (unpaired) electrons. The SMILES string of the molecule is CC(C)(O)C(O)CC(=O)O. The number of aliphatic hydroxyl groups is 2. The highest BCUT2D eigenvalue weighted by molar-refractivity contribution is 5.67. The summed E-state index contributed by atoms with van der Waals surface area (Å²) in [6.45, 7) is 2.72. The lowest BCUT2D eigenvalue weighted by Gasteiger charge is -2.22. The van der Waals surface area contributed by atoms with E-state index in [1.54, 1.807) is 0 Å². The van der Waals surface area contributed by atoms with Crippen molar-refractivity contribution in [3.8, 4) is 0 Å². The lowest BCUT2D eigenvalue weighted by Crippen LogP contribution is -2.37. The summed E-state index contributed by atoms with van der Waals surface area (Å²) >= 11 is 0. The second kappa shape index (κ2) is 2.98. The van der Waals surface area contributed by atoms with E-state index in [1.165, 1.54) is 13.8 Å². The standard InChI is InChI=1S/C6H12O4/c1-6(2,10)4(7)3-5(8)9/h4,7,10H,3H2,1-2H3,(H,8,9). The fourth-order valence-corrected chi connectivity index (χ4v) is 0.415. The number of carboxylic acid groups (broad SMARTS) is 1. The van der Waals surface area contributed by atoms with Gasteiger partial charge in [-0.1, -0.05) is 0 Å². The zero-order chi connectivity index (χ0) is 8.36. The third-order valence-corrected chi connectivity index (χ3v) is 1.18. The van der Waals surface area contributed by atoms with Crippen LogP contribution in [0.25, 0.3) is 0 Å². The number of hydrogen-bond acceptors (Lipinski definition) is 3. The average molecular weight is 148 g/mol. The maximum absolute atomic E-state index is 9.99. The van der Waals surface area contributed by atoms with E-state index in [4.69, 9.17) is 15.3 Å². The van der Waals surface area contributed by atoms with E-state index in [0.29, 0.717) is 0 Å². The summed E-state index contributed by atoms with van der Waals surface area (Å²) in [5.74, 6) is -1.12. The van der Waals surface area contributed by atoms with Crippen LogP contribution in [0.15, 0.2) is 0 Å². The predicted molar refractivity (Wildman–Crippen MR) is 34.6 cm³/mol. The van der Waals surface area contributed by atoms with Crippen LogP contribution in [0.5, 0.6) is 0 Å². The van der Waals surface area contributed by atoms with Gasteiger partial charge >= 0.3 is 5.97 Å². The van der Waals surface area contributed by atoms with Crippen molar-refractivity contribution in [1.29, 1.82) is 0 Å². The molecule has 0 heterocycles. The molecule has 1 atom stereocenters. The van der Waals surface area contributed by atoms with Crippen LogP contribution in [0.4, 0.5) is 0 Å². The van der Waals surface area contributed by atoms with E-state index in [2.05, 4.69) is 0 Å². The number of carboxylic acids is 1. The Morgan fingerprint density at radius 3 is 2.10 bits per heavy atom. The van der Waals surface area contributed by atoms with Crippen molar-refractivity contribution in [3.63, 3.8) is 0 Å². The topological polar surface area (TPSA) is 77.8 Å². The zero-order valence-electron chi connectivity index (χ0n) is 6.03. The van der Waals surface area contributed by atoms with E-state index >= 15 is 0 Å². The first kappa shape index (κ1) is 9.39. The van der Waals surface area contributed by atoms with Crippen LogP contribution in [0.3, 0.4) is 0 Å². The highest BCUT2D eigenvalue weighted by Crippen LogP contribution is 2.10. The smallest absolute Gasteiger partial charge is 0.306 e. The van der Waals surface area contributed by atoms with Gasteiger partial charge in [0, 0.05) is 0 Å². The van der Waals surface area contributed by atoms with Crippen LogP contribution in [0.2, 0.25) is 0 Å². The van der Waals surface area contributed by atoms with Gasteiger partial charge in [-0.2, -0.15) is 0 Å². The summed E-state index contributed by atoms with van der Waals surface area (Å²) < 4.78 is 0. The molecule has 3 N–H and O–H groups in total. The Balaban J connectivity index is 3.85. The monoisotopic (exact) mass is 148 g/mol. The van der Waals surface area contributed by atoms with Gasteiger partial charge in [-0.3, -0.25) is 4.79 Å². The molecular formula is C6H12O4. The van der Waals surface area contributed by atoms with Gasteiger partial charge in [0.25, 0.3) is 0 Å². The van der Waals surface area contributed by atoms with Gasteiger partial charge in [-0.25, -0.2) is 0 Å². The van der Waals surface area contributed by atoms with Crippen LogP contribution in [-0.2, 0) is 4.79 Å². The average Bonchev–Trinajstić information content (AvgIpc) is 1.60. The second-order valence-corrected chi connectivity index (χ2v) is 2.77. The van der Waals surface area contributed by atoms with Crippen molar-refractivity contribution in [3.05, 3.63) is 0 Å². The lowest BCUT2D eigenvalue weighted by atomic mass is 9.99. The van der Waals surface area contributed by atoms with Crippen LogP contribution in [0.1, 0.15) is 20.3 Å². The fourth-order valence-electron chi connectivity index (χ4n) is 0.415. The minimum absolute atomic E-state index is 0.427. The Labute approximate surface area is 59.1 Å². The normalized spacial score (nSPS) is 14.8. The summed E-state index contributed by atoms with van der Waals surface area (Å²) in [7, 11) is 0. The van der Waals surface area contributed by atoms with Crippen molar-refractivity contribution < 1.29 is 20.1 Å². The molecule has 0 aliphatic rings. The van der Waals surface area contributed by atoms with Crippen LogP contribution < -0.4 is 0 Å². The largest absolute Gasteiger partial charge is 0.481 e. The van der Waals surface area contributed by atoms with Crippen LogP contribution in [0, 0.1) is 0 Å². The Morgan fingerprint density at radius 1 is 1.60 bits per heavy atom. The first-order valence-corrected chi connectivity index (χ1v) is 2.96. The Hall–Kier alpha value is -0.610. The summed E-state index contributed by atoms with van der Waals surface area (Å²) in [6, 6.07) is 0. The first-order valence-electron chi connectivity index (χ1n) is 2.96. The first-order chi connectivity index (χ1) is 4.34. The highest BCUT2D eigenvalue weighted by Gasteiger charge is 2.26. The maximum Gasteiger partial charge on any atom is 0.306 e. The molecule has 0 aliphatic heterocycles. The Bertz CT molecular complexity index is 124. The van der Waals surface area contributed by atoms with Crippen molar-refractivity contribution in [2.24, 2.45) is 0 Å². The van der Waals surface area contributed by atoms with Gasteiger partial charge in [0.1, 0.15) is 0 Å². The molecule has 0 aromatic heterocycles. The molecule has 0 amide bonds. The molecule has 1 unspecified atom stereocenters. The number of hydrogen-bond donors (Lipinski definition) is 3. The van der Waals surface area contributed by atoms with E-state index in [9.17, 15) is 4.79 Å². The zero-order valence-corrected chi connectivity index (χ0v) is 6.03. The molecule has 0 fully saturated rings. The quantitative estimate of drug-likeness (QED) is 0.508. The van der Waals surface area contributed by atoms with Crippen molar-refractivity contribution >= 4 is 5.97 Å². The molecule has 0 rings (SSSR count). The fraction of sp³-hybridized carbons (Fsp3) is 0.833. The minimum atomic E-state index is -1.33. The van der Waals surface area contributed by atoms with Gasteiger partial charge < -0.3 is 15.3 Å². The van der Waals surface area contributed by atoms with Crippen LogP contribution in [-0.4, -0.2) is 33.0 Å². The van der Waals surface area contributed by atoms with Gasteiger partial charge in [0.15, 0.2) is 0 Å². The van der Waals surface area contributed by atoms with Crippen molar-refractivity contribution in [1.82, 2.24) is 0 Å². The van der Waals surface area contributed by atoms with E-state index in [1.807, 2.05) is 0 Å². The van der Waals surface area contributed by atoms with Gasteiger partial charge in [0.05, 0.1) is 18.1 Å². The van der Waals surface area contributed by atoms with Crippen molar-refractivity contribution in [2.75, 3.05) is 0 Å². The molecule has 4 nitrogen and oxygen atoms in total. The molecule has 60 valence electrons. The molecule has 0 bridgehead atoms. The molecule has 0 saturated carbocycles. The summed E-state index contributed by atoms with van der Waals surface area (Å²) in [5.41, 5.74) is -1.33. The van der Waals surface area contributed by atoms with Crippen molar-refractivity contribution in [2.45, 2.75) is 32.0 Å². The van der Waals surface area contributed by atoms with Crippen LogP contribution >= 0.6 is 0 Å². The van der Waals surface area contributed by atoms with E-state index in [0.717, 1.165) is 0 Å². The third kappa shape index (κ3) is 3.42. The van der Waals surface area contributed by atoms with Gasteiger partial charge in [-0.05, 0) is 13.8 Å². The second-order valence-electron chi connectivity index (χ2n) is 2.77. The molecule has 0 aliphatic carbocycles. The molecule has 0 spiro atoms. The molecule has 0 aromatic rings. The third-order valence-electron chi connectivity index (χ3n) is 1.18. The van der Waals surface area contributed by atoms with Gasteiger partial charge in [-0.15, -0.1) is 0 Å². The summed E-state index contributed by atoms with van der Waals surface area (Å²) in [5, 5.41) is 26.1. The molecule has 10 heavy (non-hydrogen) atoms. The number of carbonyl (C=O) groups is 1. The molecule has 0 saturated heterocycles.